The predicted molar refractivity (Wildman–Crippen MR) is 91.4 cm³/mol. The Kier molecular flexibility index (Phi) is 5.09. The summed E-state index contributed by atoms with van der Waals surface area (Å²) in [5, 5.41) is 3.71. The van der Waals surface area contributed by atoms with Gasteiger partial charge in [-0.25, -0.2) is 17.2 Å². The third kappa shape index (κ3) is 3.89. The van der Waals surface area contributed by atoms with Crippen LogP contribution in [0.15, 0.2) is 58.1 Å². The molecule has 0 aliphatic carbocycles. The summed E-state index contributed by atoms with van der Waals surface area (Å²) in [4.78, 5) is 1.33. The minimum absolute atomic E-state index is 0.149. The van der Waals surface area contributed by atoms with Crippen LogP contribution in [-0.2, 0) is 23.1 Å². The summed E-state index contributed by atoms with van der Waals surface area (Å²) in [6.07, 6.45) is 0. The summed E-state index contributed by atoms with van der Waals surface area (Å²) in [6, 6.07) is 9.65. The number of hydrogen-bond donors (Lipinski definition) is 0. The van der Waals surface area contributed by atoms with Crippen molar-refractivity contribution in [1.29, 1.82) is 0 Å². The van der Waals surface area contributed by atoms with E-state index in [1.54, 1.807) is 0 Å². The minimum Gasteiger partial charge on any atom is -0.207 e. The third-order valence-electron chi connectivity index (χ3n) is 3.30. The minimum atomic E-state index is -4.03. The monoisotopic (exact) mass is 385 g/mol. The molecule has 3 nitrogen and oxygen atoms in total. The molecule has 2 aromatic heterocycles. The second-order valence-electron chi connectivity index (χ2n) is 5.04. The van der Waals surface area contributed by atoms with Crippen LogP contribution in [0.2, 0.25) is 0 Å². The van der Waals surface area contributed by atoms with Crippen molar-refractivity contribution >= 4 is 32.7 Å². The lowest BCUT2D eigenvalue weighted by molar-refractivity contribution is 0.406. The SMILES string of the molecule is O=S(=O)(c1cc(F)cc(F)c1)N(Cc1cccs1)Cc1cccs1. The zero-order valence-electron chi connectivity index (χ0n) is 12.4. The lowest BCUT2D eigenvalue weighted by Crippen LogP contribution is -2.29. The Bertz CT molecular complexity index is 850. The Morgan fingerprint density at radius 2 is 1.38 bits per heavy atom. The molecule has 0 saturated carbocycles. The summed E-state index contributed by atoms with van der Waals surface area (Å²) >= 11 is 2.86. The van der Waals surface area contributed by atoms with Crippen LogP contribution < -0.4 is 0 Å². The van der Waals surface area contributed by atoms with Crippen molar-refractivity contribution in [3.63, 3.8) is 0 Å². The van der Waals surface area contributed by atoms with Crippen LogP contribution in [0.1, 0.15) is 9.75 Å². The lowest BCUT2D eigenvalue weighted by Gasteiger charge is -2.21. The highest BCUT2D eigenvalue weighted by Crippen LogP contribution is 2.25. The molecular weight excluding hydrogens is 372 g/mol. The van der Waals surface area contributed by atoms with Crippen LogP contribution in [-0.4, -0.2) is 12.7 Å². The Balaban J connectivity index is 1.98. The van der Waals surface area contributed by atoms with Gasteiger partial charge in [-0.2, -0.15) is 4.31 Å². The molecule has 0 radical (unpaired) electrons. The lowest BCUT2D eigenvalue weighted by atomic mass is 10.3. The molecule has 3 aromatic rings. The number of hydrogen-bond acceptors (Lipinski definition) is 4. The van der Waals surface area contributed by atoms with Crippen LogP contribution in [0, 0.1) is 11.6 Å². The molecule has 0 aliphatic heterocycles. The zero-order chi connectivity index (χ0) is 17.2. The molecule has 3 rings (SSSR count). The maximum atomic E-state index is 13.5. The summed E-state index contributed by atoms with van der Waals surface area (Å²) in [7, 11) is -4.03. The summed E-state index contributed by atoms with van der Waals surface area (Å²) in [6.45, 7) is 0.298. The number of rotatable bonds is 6. The molecule has 0 amide bonds. The molecule has 0 bridgehead atoms. The first-order chi connectivity index (χ1) is 11.4. The van der Waals surface area contributed by atoms with Crippen LogP contribution in [0.3, 0.4) is 0 Å². The van der Waals surface area contributed by atoms with E-state index in [1.807, 2.05) is 35.0 Å². The van der Waals surface area contributed by atoms with Gasteiger partial charge in [-0.15, -0.1) is 22.7 Å². The van der Waals surface area contributed by atoms with Crippen molar-refractivity contribution in [2.75, 3.05) is 0 Å². The zero-order valence-corrected chi connectivity index (χ0v) is 14.8. The van der Waals surface area contributed by atoms with Gasteiger partial charge < -0.3 is 0 Å². The molecule has 8 heteroatoms. The fraction of sp³-hybridized carbons (Fsp3) is 0.125. The smallest absolute Gasteiger partial charge is 0.207 e. The maximum absolute atomic E-state index is 13.5. The molecule has 0 unspecified atom stereocenters. The van der Waals surface area contributed by atoms with E-state index in [-0.39, 0.29) is 18.0 Å². The Labute approximate surface area is 146 Å². The van der Waals surface area contributed by atoms with E-state index >= 15 is 0 Å². The van der Waals surface area contributed by atoms with E-state index in [4.69, 9.17) is 0 Å². The second kappa shape index (κ2) is 7.10. The van der Waals surface area contributed by atoms with E-state index in [1.165, 1.54) is 27.0 Å². The van der Waals surface area contributed by atoms with Gasteiger partial charge in [-0.1, -0.05) is 12.1 Å². The van der Waals surface area contributed by atoms with Gasteiger partial charge in [-0.3, -0.25) is 0 Å². The number of sulfonamides is 1. The summed E-state index contributed by atoms with van der Waals surface area (Å²) in [5.74, 6) is -1.83. The summed E-state index contributed by atoms with van der Waals surface area (Å²) in [5.41, 5.74) is 0. The number of nitrogens with zero attached hydrogens (tertiary/aromatic N) is 1. The van der Waals surface area contributed by atoms with Crippen molar-refractivity contribution in [2.45, 2.75) is 18.0 Å². The van der Waals surface area contributed by atoms with Crippen LogP contribution in [0.5, 0.6) is 0 Å². The third-order valence-corrected chi connectivity index (χ3v) is 6.79. The van der Waals surface area contributed by atoms with Crippen molar-refractivity contribution in [2.24, 2.45) is 0 Å². The van der Waals surface area contributed by atoms with E-state index in [0.29, 0.717) is 6.07 Å². The second-order valence-corrected chi connectivity index (χ2v) is 9.04. The summed E-state index contributed by atoms with van der Waals surface area (Å²) < 4.78 is 53.9. The molecule has 24 heavy (non-hydrogen) atoms. The Morgan fingerprint density at radius 1 is 0.875 bits per heavy atom. The molecule has 0 spiro atoms. The number of benzene rings is 1. The molecule has 0 fully saturated rings. The van der Waals surface area contributed by atoms with Crippen LogP contribution in [0.4, 0.5) is 8.78 Å². The first kappa shape index (κ1) is 17.2. The molecule has 2 heterocycles. The first-order valence-electron chi connectivity index (χ1n) is 6.96. The van der Waals surface area contributed by atoms with Gasteiger partial charge in [0.1, 0.15) is 11.6 Å². The van der Waals surface area contributed by atoms with Gasteiger partial charge in [-0.05, 0) is 35.0 Å². The van der Waals surface area contributed by atoms with E-state index < -0.39 is 21.7 Å². The van der Waals surface area contributed by atoms with E-state index in [0.717, 1.165) is 21.9 Å². The highest BCUT2D eigenvalue weighted by atomic mass is 32.2. The van der Waals surface area contributed by atoms with Crippen LogP contribution in [0.25, 0.3) is 0 Å². The topological polar surface area (TPSA) is 37.4 Å². The molecule has 0 saturated heterocycles. The molecule has 0 atom stereocenters. The fourth-order valence-electron chi connectivity index (χ4n) is 2.21. The van der Waals surface area contributed by atoms with Gasteiger partial charge in [0.15, 0.2) is 0 Å². The molecular formula is C16H13F2NO2S3. The molecule has 0 aliphatic rings. The molecule has 1 aromatic carbocycles. The van der Waals surface area contributed by atoms with Crippen molar-refractivity contribution < 1.29 is 17.2 Å². The molecule has 0 N–H and O–H groups in total. The first-order valence-corrected chi connectivity index (χ1v) is 10.2. The van der Waals surface area contributed by atoms with Gasteiger partial charge in [0.05, 0.1) is 4.90 Å². The highest BCUT2D eigenvalue weighted by Gasteiger charge is 2.26. The van der Waals surface area contributed by atoms with Crippen LogP contribution >= 0.6 is 22.7 Å². The standard InChI is InChI=1S/C16H13F2NO2S3/c17-12-7-13(18)9-16(8-12)24(20,21)19(10-14-3-1-5-22-14)11-15-4-2-6-23-15/h1-9H,10-11H2. The quantitative estimate of drug-likeness (QED) is 0.627. The predicted octanol–water partition coefficient (Wildman–Crippen LogP) is 4.48. The van der Waals surface area contributed by atoms with Gasteiger partial charge >= 0.3 is 0 Å². The van der Waals surface area contributed by atoms with E-state index in [2.05, 4.69) is 0 Å². The van der Waals surface area contributed by atoms with Crippen molar-refractivity contribution in [3.8, 4) is 0 Å². The molecule has 126 valence electrons. The van der Waals surface area contributed by atoms with E-state index in [9.17, 15) is 17.2 Å². The van der Waals surface area contributed by atoms with Crippen molar-refractivity contribution in [1.82, 2.24) is 4.31 Å². The average molecular weight is 385 g/mol. The number of thiophene rings is 2. The normalized spacial score (nSPS) is 12.0. The van der Waals surface area contributed by atoms with Gasteiger partial charge in [0.25, 0.3) is 0 Å². The van der Waals surface area contributed by atoms with Crippen molar-refractivity contribution in [3.05, 3.63) is 74.6 Å². The largest absolute Gasteiger partial charge is 0.243 e. The average Bonchev–Trinajstić information content (AvgIpc) is 3.19. The maximum Gasteiger partial charge on any atom is 0.243 e. The Hall–Kier alpha value is -1.61. The Morgan fingerprint density at radius 3 is 1.79 bits per heavy atom. The fourth-order valence-corrected chi connectivity index (χ4v) is 5.25. The van der Waals surface area contributed by atoms with Gasteiger partial charge in [0, 0.05) is 28.9 Å². The van der Waals surface area contributed by atoms with Gasteiger partial charge in [0.2, 0.25) is 10.0 Å². The highest BCUT2D eigenvalue weighted by molar-refractivity contribution is 7.89. The number of halogens is 2.